The van der Waals surface area contributed by atoms with E-state index in [1.54, 1.807) is 12.3 Å². The summed E-state index contributed by atoms with van der Waals surface area (Å²) < 4.78 is 0. The Morgan fingerprint density at radius 2 is 2.14 bits per heavy atom. The third-order valence-electron chi connectivity index (χ3n) is 3.72. The quantitative estimate of drug-likeness (QED) is 0.847. The van der Waals surface area contributed by atoms with Crippen molar-refractivity contribution in [1.29, 1.82) is 5.26 Å². The maximum atomic E-state index is 12.6. The molecule has 1 aliphatic heterocycles. The Hall–Kier alpha value is -2.67. The third kappa shape index (κ3) is 2.77. The van der Waals surface area contributed by atoms with E-state index in [1.165, 1.54) is 0 Å². The second kappa shape index (κ2) is 5.76. The number of hydrogen-bond donors (Lipinski definition) is 0. The molecule has 0 atom stereocenters. The highest BCUT2D eigenvalue weighted by Gasteiger charge is 2.22. The Kier molecular flexibility index (Phi) is 3.65. The van der Waals surface area contributed by atoms with Crippen molar-refractivity contribution >= 4 is 5.91 Å². The van der Waals surface area contributed by atoms with Crippen molar-refractivity contribution in [3.63, 3.8) is 0 Å². The average molecular weight is 277 g/mol. The Morgan fingerprint density at radius 1 is 1.29 bits per heavy atom. The first-order valence-corrected chi connectivity index (χ1v) is 7.00. The molecule has 1 aromatic carbocycles. The van der Waals surface area contributed by atoms with Gasteiger partial charge in [0.15, 0.2) is 0 Å². The lowest BCUT2D eigenvalue weighted by Gasteiger charge is -2.21. The summed E-state index contributed by atoms with van der Waals surface area (Å²) in [5.74, 6) is 0.0680. The Balaban J connectivity index is 1.86. The minimum atomic E-state index is 0.0680. The van der Waals surface area contributed by atoms with Crippen molar-refractivity contribution in [3.8, 4) is 6.07 Å². The number of nitriles is 1. The number of pyridine rings is 1. The van der Waals surface area contributed by atoms with Crippen LogP contribution in [0.2, 0.25) is 0 Å². The second-order valence-corrected chi connectivity index (χ2v) is 5.15. The highest BCUT2D eigenvalue weighted by atomic mass is 16.2. The van der Waals surface area contributed by atoms with Crippen LogP contribution in [-0.4, -0.2) is 22.3 Å². The standard InChI is InChI=1S/C17H15N3O/c18-11-15-10-13(7-8-19-15)12-20-9-3-5-14-4-1-2-6-16(14)17(20)21/h1-2,4,6-8,10H,3,5,9,12H2. The largest absolute Gasteiger partial charge is 0.334 e. The number of aryl methyl sites for hydroxylation is 1. The predicted octanol–water partition coefficient (Wildman–Crippen LogP) is 2.54. The molecule has 2 heterocycles. The van der Waals surface area contributed by atoms with E-state index in [9.17, 15) is 4.79 Å². The summed E-state index contributed by atoms with van der Waals surface area (Å²) in [7, 11) is 0. The van der Waals surface area contributed by atoms with Gasteiger partial charge < -0.3 is 4.90 Å². The SMILES string of the molecule is N#Cc1cc(CN2CCCc3ccccc3C2=O)ccn1. The molecule has 4 heteroatoms. The third-order valence-corrected chi connectivity index (χ3v) is 3.72. The van der Waals surface area contributed by atoms with Crippen LogP contribution in [0.4, 0.5) is 0 Å². The van der Waals surface area contributed by atoms with Gasteiger partial charge in [0.2, 0.25) is 0 Å². The van der Waals surface area contributed by atoms with Crippen LogP contribution in [0.15, 0.2) is 42.6 Å². The number of benzene rings is 1. The highest BCUT2D eigenvalue weighted by molar-refractivity contribution is 5.96. The fourth-order valence-electron chi connectivity index (χ4n) is 2.68. The van der Waals surface area contributed by atoms with Gasteiger partial charge in [0, 0.05) is 24.8 Å². The first-order chi connectivity index (χ1) is 10.3. The van der Waals surface area contributed by atoms with Crippen molar-refractivity contribution in [2.75, 3.05) is 6.54 Å². The molecule has 0 fully saturated rings. The van der Waals surface area contributed by atoms with Crippen molar-refractivity contribution in [3.05, 3.63) is 65.0 Å². The van der Waals surface area contributed by atoms with Crippen LogP contribution < -0.4 is 0 Å². The van der Waals surface area contributed by atoms with Gasteiger partial charge in [-0.2, -0.15) is 5.26 Å². The summed E-state index contributed by atoms with van der Waals surface area (Å²) in [5.41, 5.74) is 3.24. The number of rotatable bonds is 2. The second-order valence-electron chi connectivity index (χ2n) is 5.15. The van der Waals surface area contributed by atoms with E-state index in [0.29, 0.717) is 12.2 Å². The van der Waals surface area contributed by atoms with Gasteiger partial charge in [-0.25, -0.2) is 4.98 Å². The van der Waals surface area contributed by atoms with Gasteiger partial charge in [-0.1, -0.05) is 18.2 Å². The molecule has 1 aromatic heterocycles. The van der Waals surface area contributed by atoms with Crippen LogP contribution in [0.5, 0.6) is 0 Å². The lowest BCUT2D eigenvalue weighted by atomic mass is 10.0. The molecule has 3 rings (SSSR count). The van der Waals surface area contributed by atoms with E-state index in [4.69, 9.17) is 5.26 Å². The zero-order chi connectivity index (χ0) is 14.7. The van der Waals surface area contributed by atoms with Crippen molar-refractivity contribution < 1.29 is 4.79 Å². The van der Waals surface area contributed by atoms with Gasteiger partial charge in [-0.15, -0.1) is 0 Å². The van der Waals surface area contributed by atoms with Crippen LogP contribution in [0.25, 0.3) is 0 Å². The number of amides is 1. The minimum Gasteiger partial charge on any atom is -0.334 e. The van der Waals surface area contributed by atoms with Crippen molar-refractivity contribution in [2.45, 2.75) is 19.4 Å². The maximum Gasteiger partial charge on any atom is 0.254 e. The zero-order valence-electron chi connectivity index (χ0n) is 11.6. The normalized spacial score (nSPS) is 14.2. The number of carbonyl (C=O) groups is 1. The molecule has 0 N–H and O–H groups in total. The van der Waals surface area contributed by atoms with E-state index in [0.717, 1.165) is 36.1 Å². The molecule has 0 saturated heterocycles. The van der Waals surface area contributed by atoms with E-state index >= 15 is 0 Å². The number of hydrogen-bond acceptors (Lipinski definition) is 3. The Morgan fingerprint density at radius 3 is 3.00 bits per heavy atom. The molecule has 104 valence electrons. The number of carbonyl (C=O) groups excluding carboxylic acids is 1. The van der Waals surface area contributed by atoms with Gasteiger partial charge in [0.25, 0.3) is 5.91 Å². The maximum absolute atomic E-state index is 12.6. The monoisotopic (exact) mass is 277 g/mol. The topological polar surface area (TPSA) is 57.0 Å². The molecular formula is C17H15N3O. The lowest BCUT2D eigenvalue weighted by molar-refractivity contribution is 0.0749. The minimum absolute atomic E-state index is 0.0680. The van der Waals surface area contributed by atoms with E-state index in [1.807, 2.05) is 41.3 Å². The molecule has 1 amide bonds. The first-order valence-electron chi connectivity index (χ1n) is 7.00. The van der Waals surface area contributed by atoms with E-state index < -0.39 is 0 Å². The molecule has 2 aromatic rings. The van der Waals surface area contributed by atoms with Crippen LogP contribution >= 0.6 is 0 Å². The molecular weight excluding hydrogens is 262 g/mol. The van der Waals surface area contributed by atoms with Crippen molar-refractivity contribution in [1.82, 2.24) is 9.88 Å². The fourth-order valence-corrected chi connectivity index (χ4v) is 2.68. The predicted molar refractivity (Wildman–Crippen MR) is 78.5 cm³/mol. The molecule has 0 unspecified atom stereocenters. The summed E-state index contributed by atoms with van der Waals surface area (Å²) in [6.07, 6.45) is 3.50. The van der Waals surface area contributed by atoms with Crippen LogP contribution in [0.3, 0.4) is 0 Å². The highest BCUT2D eigenvalue weighted by Crippen LogP contribution is 2.20. The summed E-state index contributed by atoms with van der Waals surface area (Å²) in [6.45, 7) is 1.25. The zero-order valence-corrected chi connectivity index (χ0v) is 11.6. The average Bonchev–Trinajstić information content (AvgIpc) is 2.68. The summed E-state index contributed by atoms with van der Waals surface area (Å²) in [5, 5.41) is 8.90. The van der Waals surface area contributed by atoms with Gasteiger partial charge >= 0.3 is 0 Å². The Bertz CT molecular complexity index is 718. The van der Waals surface area contributed by atoms with Crippen molar-refractivity contribution in [2.24, 2.45) is 0 Å². The molecule has 0 aliphatic carbocycles. The molecule has 0 saturated carbocycles. The number of aromatic nitrogens is 1. The van der Waals surface area contributed by atoms with Gasteiger partial charge in [0.1, 0.15) is 11.8 Å². The summed E-state index contributed by atoms with van der Waals surface area (Å²) in [4.78, 5) is 18.5. The Labute approximate surface area is 123 Å². The van der Waals surface area contributed by atoms with Crippen LogP contribution in [0, 0.1) is 11.3 Å². The smallest absolute Gasteiger partial charge is 0.254 e. The molecule has 1 aliphatic rings. The van der Waals surface area contributed by atoms with Gasteiger partial charge in [0.05, 0.1) is 0 Å². The summed E-state index contributed by atoms with van der Waals surface area (Å²) in [6, 6.07) is 13.4. The van der Waals surface area contributed by atoms with Crippen LogP contribution in [0.1, 0.15) is 33.6 Å². The first kappa shape index (κ1) is 13.3. The molecule has 4 nitrogen and oxygen atoms in total. The molecule has 0 spiro atoms. The number of nitrogens with zero attached hydrogens (tertiary/aromatic N) is 3. The fraction of sp³-hybridized carbons (Fsp3) is 0.235. The summed E-state index contributed by atoms with van der Waals surface area (Å²) >= 11 is 0. The van der Waals surface area contributed by atoms with Gasteiger partial charge in [-0.05, 0) is 42.2 Å². The molecule has 21 heavy (non-hydrogen) atoms. The molecule has 0 radical (unpaired) electrons. The van der Waals surface area contributed by atoms with Crippen LogP contribution in [-0.2, 0) is 13.0 Å². The number of fused-ring (bicyclic) bond motifs is 1. The van der Waals surface area contributed by atoms with E-state index in [2.05, 4.69) is 4.98 Å². The molecule has 0 bridgehead atoms. The lowest BCUT2D eigenvalue weighted by Crippen LogP contribution is -2.30. The van der Waals surface area contributed by atoms with E-state index in [-0.39, 0.29) is 5.91 Å². The van der Waals surface area contributed by atoms with Gasteiger partial charge in [-0.3, -0.25) is 4.79 Å².